The fraction of sp³-hybridized carbons (Fsp3) is 0.250. The Kier molecular flexibility index (Phi) is 5.27. The second-order valence-corrected chi connectivity index (χ2v) is 2.44. The second-order valence-electron chi connectivity index (χ2n) is 0.963. The van der Waals surface area contributed by atoms with E-state index in [-0.39, 0.29) is 0 Å². The zero-order valence-electron chi connectivity index (χ0n) is 3.90. The highest BCUT2D eigenvalue weighted by molar-refractivity contribution is 9.14. The number of halogens is 2. The number of carbonyl (C=O) groups excluding carboxylic acids is 1. The molecular weight excluding hydrogens is 238 g/mol. The van der Waals surface area contributed by atoms with Crippen molar-refractivity contribution in [2.24, 2.45) is 4.99 Å². The van der Waals surface area contributed by atoms with Gasteiger partial charge in [-0.2, -0.15) is 0 Å². The highest BCUT2D eigenvalue weighted by Gasteiger charge is 1.83. The predicted octanol–water partition coefficient (Wildman–Crippen LogP) is 1.95. The fourth-order valence-corrected chi connectivity index (χ4v) is 0.412. The van der Waals surface area contributed by atoms with Gasteiger partial charge in [0.05, 0.1) is 6.54 Å². The Bertz CT molecular complexity index is 137. The molecule has 0 aliphatic carbocycles. The number of isocyanates is 1. The molecule has 0 aromatic heterocycles. The van der Waals surface area contributed by atoms with Gasteiger partial charge < -0.3 is 0 Å². The smallest absolute Gasteiger partial charge is 0.211 e. The van der Waals surface area contributed by atoms with Crippen molar-refractivity contribution in [3.63, 3.8) is 0 Å². The predicted molar refractivity (Wildman–Crippen MR) is 38.9 cm³/mol. The molecule has 0 heterocycles. The van der Waals surface area contributed by atoms with Gasteiger partial charge in [-0.05, 0) is 4.99 Å². The van der Waals surface area contributed by atoms with Crippen LogP contribution in [-0.4, -0.2) is 12.6 Å². The summed E-state index contributed by atoms with van der Waals surface area (Å²) >= 11 is 6.17. The van der Waals surface area contributed by atoms with Crippen molar-refractivity contribution in [1.82, 2.24) is 0 Å². The molecule has 0 unspecified atom stereocenters. The Morgan fingerprint density at radius 1 is 1.88 bits per heavy atom. The first kappa shape index (κ1) is 8.08. The Hall–Kier alpha value is 0.0800. The average molecular weight is 241 g/mol. The summed E-state index contributed by atoms with van der Waals surface area (Å²) in [5, 5.41) is 0. The molecule has 0 saturated heterocycles. The van der Waals surface area contributed by atoms with E-state index in [4.69, 9.17) is 0 Å². The van der Waals surface area contributed by atoms with Crippen LogP contribution in [0.3, 0.4) is 0 Å². The molecular formula is C4H3Br2NO. The van der Waals surface area contributed by atoms with E-state index in [1.165, 1.54) is 6.08 Å². The van der Waals surface area contributed by atoms with Crippen LogP contribution >= 0.6 is 31.9 Å². The first-order valence-corrected chi connectivity index (χ1v) is 3.50. The van der Waals surface area contributed by atoms with Crippen LogP contribution in [-0.2, 0) is 4.79 Å². The molecule has 0 aromatic carbocycles. The van der Waals surface area contributed by atoms with Crippen LogP contribution in [0, 0.1) is 0 Å². The monoisotopic (exact) mass is 239 g/mol. The van der Waals surface area contributed by atoms with Crippen LogP contribution in [0.5, 0.6) is 0 Å². The molecule has 0 fully saturated rings. The van der Waals surface area contributed by atoms with E-state index in [2.05, 4.69) is 36.9 Å². The van der Waals surface area contributed by atoms with Crippen molar-refractivity contribution in [1.29, 1.82) is 0 Å². The Labute approximate surface area is 63.9 Å². The van der Waals surface area contributed by atoms with E-state index in [9.17, 15) is 4.79 Å². The normalized spacial score (nSPS) is 10.5. The van der Waals surface area contributed by atoms with Crippen LogP contribution in [0.25, 0.3) is 0 Å². The van der Waals surface area contributed by atoms with Crippen molar-refractivity contribution in [3.05, 3.63) is 9.47 Å². The second kappa shape index (κ2) is 5.22. The van der Waals surface area contributed by atoms with E-state index >= 15 is 0 Å². The van der Waals surface area contributed by atoms with Gasteiger partial charge in [0.2, 0.25) is 6.08 Å². The highest BCUT2D eigenvalue weighted by atomic mass is 79.9. The van der Waals surface area contributed by atoms with Crippen molar-refractivity contribution in [2.75, 3.05) is 6.54 Å². The summed E-state index contributed by atoms with van der Waals surface area (Å²) < 4.78 is 0.820. The zero-order chi connectivity index (χ0) is 6.41. The van der Waals surface area contributed by atoms with Gasteiger partial charge in [-0.25, -0.2) is 9.79 Å². The Morgan fingerprint density at radius 2 is 2.50 bits per heavy atom. The molecule has 2 nitrogen and oxygen atoms in total. The van der Waals surface area contributed by atoms with Crippen molar-refractivity contribution in [2.45, 2.75) is 0 Å². The molecule has 8 heavy (non-hydrogen) atoms. The van der Waals surface area contributed by atoms with Gasteiger partial charge >= 0.3 is 0 Å². The molecule has 44 valence electrons. The lowest BCUT2D eigenvalue weighted by Gasteiger charge is -1.82. The van der Waals surface area contributed by atoms with Gasteiger partial charge in [0.1, 0.15) is 0 Å². The van der Waals surface area contributed by atoms with Crippen molar-refractivity contribution < 1.29 is 4.79 Å². The van der Waals surface area contributed by atoms with Gasteiger partial charge in [0.25, 0.3) is 0 Å². The van der Waals surface area contributed by atoms with Gasteiger partial charge in [-0.3, -0.25) is 0 Å². The Balaban J connectivity index is 3.55. The van der Waals surface area contributed by atoms with E-state index in [0.717, 1.165) is 4.48 Å². The minimum absolute atomic E-state index is 0.356. The molecule has 0 aromatic rings. The maximum absolute atomic E-state index is 9.47. The van der Waals surface area contributed by atoms with Crippen molar-refractivity contribution >= 4 is 37.9 Å². The Morgan fingerprint density at radius 3 is 2.88 bits per heavy atom. The zero-order valence-corrected chi connectivity index (χ0v) is 7.07. The lowest BCUT2D eigenvalue weighted by Crippen LogP contribution is -1.73. The van der Waals surface area contributed by atoms with Gasteiger partial charge in [-0.15, -0.1) is 0 Å². The van der Waals surface area contributed by atoms with Crippen LogP contribution < -0.4 is 0 Å². The van der Waals surface area contributed by atoms with Gasteiger partial charge in [-0.1, -0.05) is 31.9 Å². The largest absolute Gasteiger partial charge is 0.235 e. The van der Waals surface area contributed by atoms with Crippen LogP contribution in [0.1, 0.15) is 0 Å². The maximum Gasteiger partial charge on any atom is 0.235 e. The summed E-state index contributed by atoms with van der Waals surface area (Å²) in [5.41, 5.74) is 0. The van der Waals surface area contributed by atoms with E-state index in [1.54, 1.807) is 4.99 Å². The summed E-state index contributed by atoms with van der Waals surface area (Å²) in [5.74, 6) is 0. The molecule has 0 atom stereocenters. The minimum atomic E-state index is 0.356. The third-order valence-electron chi connectivity index (χ3n) is 0.413. The van der Waals surface area contributed by atoms with Crippen LogP contribution in [0.2, 0.25) is 0 Å². The molecule has 0 bridgehead atoms. The van der Waals surface area contributed by atoms with E-state index < -0.39 is 0 Å². The third kappa shape index (κ3) is 4.24. The number of rotatable bonds is 2. The molecule has 0 saturated carbocycles. The molecule has 0 radical (unpaired) electrons. The highest BCUT2D eigenvalue weighted by Crippen LogP contribution is 2.06. The number of nitrogens with zero attached hydrogens (tertiary/aromatic N) is 1. The molecule has 0 aliphatic rings. The summed E-state index contributed by atoms with van der Waals surface area (Å²) in [4.78, 5) is 14.4. The van der Waals surface area contributed by atoms with Gasteiger partial charge in [0.15, 0.2) is 0 Å². The number of aliphatic imine (C=N–C) groups is 1. The average Bonchev–Trinajstić information content (AvgIpc) is 1.83. The van der Waals surface area contributed by atoms with E-state index in [1.807, 2.05) is 0 Å². The first-order valence-electron chi connectivity index (χ1n) is 1.79. The SMILES string of the molecule is O=C=NCC(Br)=CBr. The van der Waals surface area contributed by atoms with Crippen molar-refractivity contribution in [3.8, 4) is 0 Å². The lowest BCUT2D eigenvalue weighted by atomic mass is 10.6. The first-order chi connectivity index (χ1) is 3.81. The van der Waals surface area contributed by atoms with Gasteiger partial charge in [0, 0.05) is 4.48 Å². The maximum atomic E-state index is 9.47. The number of hydrogen-bond acceptors (Lipinski definition) is 2. The number of hydrogen-bond donors (Lipinski definition) is 0. The lowest BCUT2D eigenvalue weighted by molar-refractivity contribution is 0.564. The molecule has 4 heteroatoms. The molecule has 0 N–H and O–H groups in total. The molecule has 0 spiro atoms. The van der Waals surface area contributed by atoms with Crippen LogP contribution in [0.4, 0.5) is 0 Å². The summed E-state index contributed by atoms with van der Waals surface area (Å²) in [6.45, 7) is 0.356. The summed E-state index contributed by atoms with van der Waals surface area (Å²) in [6, 6.07) is 0. The quantitative estimate of drug-likeness (QED) is 0.536. The summed E-state index contributed by atoms with van der Waals surface area (Å²) in [7, 11) is 0. The molecule has 0 aliphatic heterocycles. The standard InChI is InChI=1S/C4H3Br2NO/c5-1-4(6)2-7-3-8/h1H,2H2. The molecule has 0 amide bonds. The molecule has 0 rings (SSSR count). The fourth-order valence-electron chi connectivity index (χ4n) is 0.142. The topological polar surface area (TPSA) is 29.4 Å². The summed E-state index contributed by atoms with van der Waals surface area (Å²) in [6.07, 6.45) is 1.42. The van der Waals surface area contributed by atoms with E-state index in [0.29, 0.717) is 6.54 Å². The minimum Gasteiger partial charge on any atom is -0.211 e. The van der Waals surface area contributed by atoms with Crippen LogP contribution in [0.15, 0.2) is 14.5 Å². The third-order valence-corrected chi connectivity index (χ3v) is 2.06.